The number of halogens is 3. The normalized spacial score (nSPS) is 10.2. The molecule has 0 bridgehead atoms. The standard InChI is InChI=1S/C21H29BrN2O.2ClH/c1-3-24(4-2)14-8-13-23-16-19-15-20(22)11-12-21(19)25-17-18-9-6-5-7-10-18;;/h5-7,9-12,15,23H,3-4,8,13-14,16-17H2,1-2H3;2*1H. The van der Waals surface area contributed by atoms with Crippen LogP contribution in [0, 0.1) is 0 Å². The van der Waals surface area contributed by atoms with Crippen LogP contribution in [-0.2, 0) is 13.2 Å². The molecule has 1 N–H and O–H groups in total. The zero-order valence-corrected chi connectivity index (χ0v) is 19.3. The number of nitrogens with zero attached hydrogens (tertiary/aromatic N) is 1. The first-order chi connectivity index (χ1) is 12.2. The first-order valence-corrected chi connectivity index (χ1v) is 9.90. The van der Waals surface area contributed by atoms with Gasteiger partial charge in [0, 0.05) is 16.6 Å². The van der Waals surface area contributed by atoms with Crippen LogP contribution < -0.4 is 10.1 Å². The molecule has 0 atom stereocenters. The van der Waals surface area contributed by atoms with Gasteiger partial charge >= 0.3 is 0 Å². The van der Waals surface area contributed by atoms with Crippen LogP contribution in [0.15, 0.2) is 53.0 Å². The van der Waals surface area contributed by atoms with Gasteiger partial charge in [0.25, 0.3) is 0 Å². The second-order valence-corrected chi connectivity index (χ2v) is 7.00. The molecule has 0 aliphatic heterocycles. The number of hydrogen-bond donors (Lipinski definition) is 1. The van der Waals surface area contributed by atoms with E-state index in [2.05, 4.69) is 58.2 Å². The fraction of sp³-hybridized carbons (Fsp3) is 0.429. The molecule has 0 saturated carbocycles. The Morgan fingerprint density at radius 3 is 2.37 bits per heavy atom. The van der Waals surface area contributed by atoms with Crippen molar-refractivity contribution in [1.29, 1.82) is 0 Å². The molecule has 0 unspecified atom stereocenters. The quantitative estimate of drug-likeness (QED) is 0.420. The van der Waals surface area contributed by atoms with Crippen molar-refractivity contribution >= 4 is 40.7 Å². The van der Waals surface area contributed by atoms with E-state index in [9.17, 15) is 0 Å². The highest BCUT2D eigenvalue weighted by Crippen LogP contribution is 2.24. The fourth-order valence-electron chi connectivity index (χ4n) is 2.75. The molecule has 27 heavy (non-hydrogen) atoms. The van der Waals surface area contributed by atoms with Gasteiger partial charge in [-0.15, -0.1) is 24.8 Å². The zero-order chi connectivity index (χ0) is 17.9. The first kappa shape index (κ1) is 26.2. The summed E-state index contributed by atoms with van der Waals surface area (Å²) in [5.41, 5.74) is 2.37. The highest BCUT2D eigenvalue weighted by molar-refractivity contribution is 9.10. The van der Waals surface area contributed by atoms with E-state index in [1.54, 1.807) is 0 Å². The topological polar surface area (TPSA) is 24.5 Å². The summed E-state index contributed by atoms with van der Waals surface area (Å²) in [5.74, 6) is 0.947. The predicted molar refractivity (Wildman–Crippen MR) is 124 cm³/mol. The second-order valence-electron chi connectivity index (χ2n) is 6.08. The van der Waals surface area contributed by atoms with Gasteiger partial charge in [-0.05, 0) is 56.4 Å². The Morgan fingerprint density at radius 1 is 1.00 bits per heavy atom. The van der Waals surface area contributed by atoms with Crippen molar-refractivity contribution in [3.05, 3.63) is 64.1 Å². The van der Waals surface area contributed by atoms with Crippen molar-refractivity contribution in [1.82, 2.24) is 10.2 Å². The van der Waals surface area contributed by atoms with Crippen molar-refractivity contribution in [3.8, 4) is 5.75 Å². The van der Waals surface area contributed by atoms with E-state index in [0.29, 0.717) is 6.61 Å². The monoisotopic (exact) mass is 476 g/mol. The minimum atomic E-state index is 0. The van der Waals surface area contributed by atoms with Gasteiger partial charge in [0.2, 0.25) is 0 Å². The molecule has 0 heterocycles. The maximum absolute atomic E-state index is 6.04. The molecule has 6 heteroatoms. The lowest BCUT2D eigenvalue weighted by molar-refractivity contribution is 0.295. The van der Waals surface area contributed by atoms with Crippen LogP contribution in [0.2, 0.25) is 0 Å². The summed E-state index contributed by atoms with van der Waals surface area (Å²) < 4.78 is 7.12. The number of ether oxygens (including phenoxy) is 1. The van der Waals surface area contributed by atoms with Gasteiger partial charge in [0.15, 0.2) is 0 Å². The SMILES string of the molecule is CCN(CC)CCCNCc1cc(Br)ccc1OCc1ccccc1.Cl.Cl. The fourth-order valence-corrected chi connectivity index (χ4v) is 3.16. The second kappa shape index (κ2) is 15.2. The summed E-state index contributed by atoms with van der Waals surface area (Å²) in [4.78, 5) is 2.45. The molecule has 0 fully saturated rings. The molecule has 0 aliphatic carbocycles. The molecule has 2 aromatic rings. The summed E-state index contributed by atoms with van der Waals surface area (Å²) >= 11 is 3.56. The Labute approximate surface area is 184 Å². The lowest BCUT2D eigenvalue weighted by Crippen LogP contribution is -2.27. The molecule has 2 rings (SSSR count). The van der Waals surface area contributed by atoms with Crippen molar-refractivity contribution in [2.24, 2.45) is 0 Å². The van der Waals surface area contributed by atoms with Gasteiger partial charge in [-0.25, -0.2) is 0 Å². The third kappa shape index (κ3) is 9.82. The number of benzene rings is 2. The number of rotatable bonds is 11. The number of hydrogen-bond acceptors (Lipinski definition) is 3. The average molecular weight is 478 g/mol. The van der Waals surface area contributed by atoms with Gasteiger partial charge in [0.05, 0.1) is 0 Å². The third-order valence-corrected chi connectivity index (χ3v) is 4.79. The Hall–Kier alpha value is -0.780. The van der Waals surface area contributed by atoms with Crippen LogP contribution in [0.3, 0.4) is 0 Å². The average Bonchev–Trinajstić information content (AvgIpc) is 2.65. The van der Waals surface area contributed by atoms with E-state index in [-0.39, 0.29) is 24.8 Å². The van der Waals surface area contributed by atoms with Crippen LogP contribution in [0.4, 0.5) is 0 Å². The summed E-state index contributed by atoms with van der Waals surface area (Å²) in [6, 6.07) is 16.5. The minimum Gasteiger partial charge on any atom is -0.489 e. The largest absolute Gasteiger partial charge is 0.489 e. The molecule has 3 nitrogen and oxygen atoms in total. The van der Waals surface area contributed by atoms with E-state index in [0.717, 1.165) is 49.4 Å². The van der Waals surface area contributed by atoms with Crippen molar-refractivity contribution in [2.45, 2.75) is 33.4 Å². The highest BCUT2D eigenvalue weighted by Gasteiger charge is 2.06. The Kier molecular flexibility index (Phi) is 14.7. The smallest absolute Gasteiger partial charge is 0.124 e. The summed E-state index contributed by atoms with van der Waals surface area (Å²) in [7, 11) is 0. The lowest BCUT2D eigenvalue weighted by atomic mass is 10.2. The van der Waals surface area contributed by atoms with E-state index in [1.165, 1.54) is 11.1 Å². The van der Waals surface area contributed by atoms with Crippen LogP contribution >= 0.6 is 40.7 Å². The molecule has 0 aliphatic rings. The third-order valence-electron chi connectivity index (χ3n) is 4.30. The summed E-state index contributed by atoms with van der Waals surface area (Å²) in [5, 5.41) is 3.54. The summed E-state index contributed by atoms with van der Waals surface area (Å²) in [6.45, 7) is 10.3. The Bertz CT molecular complexity index is 625. The van der Waals surface area contributed by atoms with Crippen LogP contribution in [0.25, 0.3) is 0 Å². The Balaban J connectivity index is 0.00000338. The Morgan fingerprint density at radius 2 is 1.70 bits per heavy atom. The molecule has 2 aromatic carbocycles. The van der Waals surface area contributed by atoms with Gasteiger partial charge in [-0.1, -0.05) is 60.1 Å². The first-order valence-electron chi connectivity index (χ1n) is 9.11. The van der Waals surface area contributed by atoms with Gasteiger partial charge in [-0.2, -0.15) is 0 Å². The van der Waals surface area contributed by atoms with E-state index in [1.807, 2.05) is 30.3 Å². The molecule has 0 amide bonds. The molecule has 0 aromatic heterocycles. The van der Waals surface area contributed by atoms with Crippen LogP contribution in [0.1, 0.15) is 31.4 Å². The molecule has 152 valence electrons. The summed E-state index contributed by atoms with van der Waals surface area (Å²) in [6.07, 6.45) is 1.16. The molecule has 0 spiro atoms. The lowest BCUT2D eigenvalue weighted by Gasteiger charge is -2.18. The van der Waals surface area contributed by atoms with Gasteiger partial charge < -0.3 is 15.0 Å². The van der Waals surface area contributed by atoms with Crippen molar-refractivity contribution in [2.75, 3.05) is 26.2 Å². The minimum absolute atomic E-state index is 0. The maximum atomic E-state index is 6.04. The predicted octanol–water partition coefficient (Wildman–Crippen LogP) is 5.69. The molecule has 0 saturated heterocycles. The molecular weight excluding hydrogens is 447 g/mol. The van der Waals surface area contributed by atoms with E-state index >= 15 is 0 Å². The maximum Gasteiger partial charge on any atom is 0.124 e. The zero-order valence-electron chi connectivity index (χ0n) is 16.1. The highest BCUT2D eigenvalue weighted by atomic mass is 79.9. The van der Waals surface area contributed by atoms with Gasteiger partial charge in [-0.3, -0.25) is 0 Å². The van der Waals surface area contributed by atoms with Crippen molar-refractivity contribution in [3.63, 3.8) is 0 Å². The van der Waals surface area contributed by atoms with Crippen LogP contribution in [-0.4, -0.2) is 31.1 Å². The van der Waals surface area contributed by atoms with E-state index < -0.39 is 0 Å². The van der Waals surface area contributed by atoms with Crippen molar-refractivity contribution < 1.29 is 4.74 Å². The van der Waals surface area contributed by atoms with Gasteiger partial charge in [0.1, 0.15) is 12.4 Å². The van der Waals surface area contributed by atoms with E-state index in [4.69, 9.17) is 4.74 Å². The number of nitrogens with one attached hydrogen (secondary N) is 1. The van der Waals surface area contributed by atoms with Crippen LogP contribution in [0.5, 0.6) is 5.75 Å². The molecular formula is C21H31BrCl2N2O. The molecule has 0 radical (unpaired) electrons.